The van der Waals surface area contributed by atoms with Crippen LogP contribution in [0.3, 0.4) is 0 Å². The summed E-state index contributed by atoms with van der Waals surface area (Å²) in [6.45, 7) is 2.19. The van der Waals surface area contributed by atoms with Crippen molar-refractivity contribution in [3.8, 4) is 11.4 Å². The van der Waals surface area contributed by atoms with Gasteiger partial charge in [0.15, 0.2) is 17.5 Å². The van der Waals surface area contributed by atoms with E-state index in [2.05, 4.69) is 30.6 Å². The summed E-state index contributed by atoms with van der Waals surface area (Å²) >= 11 is 0. The number of carboxylic acid groups (broad SMARTS) is 1. The first-order valence-corrected chi connectivity index (χ1v) is 11.5. The van der Waals surface area contributed by atoms with Gasteiger partial charge in [0.05, 0.1) is 11.8 Å². The van der Waals surface area contributed by atoms with Crippen molar-refractivity contribution < 1.29 is 18.7 Å². The van der Waals surface area contributed by atoms with E-state index in [1.54, 1.807) is 31.4 Å². The Morgan fingerprint density at radius 1 is 1.03 bits per heavy atom. The van der Waals surface area contributed by atoms with Gasteiger partial charge >= 0.3 is 6.09 Å². The first kappa shape index (κ1) is 25.4. The number of hydrogen-bond donors (Lipinski definition) is 3. The first-order chi connectivity index (χ1) is 17.8. The standard InChI is InChI=1S/C26H25F2N7O2/c1-16(12-17-6-5-7-18(13-17)14-31-26(36)37)32-25-29-11-10-22(33-25)35(2)24-21(28)15-30-23(34-24)19-8-3-4-9-20(19)27/h3-11,13,15-16,31H,12,14H2,1-2H3,(H,36,37)(H,29,32,33). The fourth-order valence-corrected chi connectivity index (χ4v) is 3.75. The minimum Gasteiger partial charge on any atom is -0.465 e. The lowest BCUT2D eigenvalue weighted by Crippen LogP contribution is -2.22. The minimum absolute atomic E-state index is 0.0577. The molecule has 0 bridgehead atoms. The molecule has 2 aromatic heterocycles. The summed E-state index contributed by atoms with van der Waals surface area (Å²) in [6, 6.07) is 15.2. The van der Waals surface area contributed by atoms with E-state index in [-0.39, 0.29) is 29.8 Å². The van der Waals surface area contributed by atoms with E-state index < -0.39 is 17.7 Å². The number of amides is 1. The Balaban J connectivity index is 1.48. The van der Waals surface area contributed by atoms with Crippen molar-refractivity contribution in [3.63, 3.8) is 0 Å². The molecule has 1 atom stereocenters. The molecule has 0 aliphatic rings. The summed E-state index contributed by atoms with van der Waals surface area (Å²) in [7, 11) is 1.60. The maximum Gasteiger partial charge on any atom is 0.404 e. The van der Waals surface area contributed by atoms with Crippen molar-refractivity contribution in [2.45, 2.75) is 25.9 Å². The number of carbonyl (C=O) groups is 1. The molecule has 37 heavy (non-hydrogen) atoms. The summed E-state index contributed by atoms with van der Waals surface area (Å²) < 4.78 is 28.9. The van der Waals surface area contributed by atoms with Gasteiger partial charge in [0.25, 0.3) is 0 Å². The number of hydrogen-bond acceptors (Lipinski definition) is 7. The van der Waals surface area contributed by atoms with Crippen LogP contribution in [0.5, 0.6) is 0 Å². The summed E-state index contributed by atoms with van der Waals surface area (Å²) in [6.07, 6.45) is 2.11. The smallest absolute Gasteiger partial charge is 0.404 e. The van der Waals surface area contributed by atoms with Crippen molar-refractivity contribution in [3.05, 3.63) is 89.8 Å². The Morgan fingerprint density at radius 2 is 1.81 bits per heavy atom. The van der Waals surface area contributed by atoms with Gasteiger partial charge in [-0.15, -0.1) is 0 Å². The molecule has 190 valence electrons. The highest BCUT2D eigenvalue weighted by atomic mass is 19.1. The Bertz CT molecular complexity index is 1400. The Hall–Kier alpha value is -4.67. The number of halogens is 2. The maximum absolute atomic E-state index is 14.7. The third-order valence-corrected chi connectivity index (χ3v) is 5.50. The van der Waals surface area contributed by atoms with Crippen LogP contribution in [0.1, 0.15) is 18.1 Å². The maximum atomic E-state index is 14.7. The van der Waals surface area contributed by atoms with Crippen LogP contribution >= 0.6 is 0 Å². The van der Waals surface area contributed by atoms with Crippen LogP contribution in [0.15, 0.2) is 67.0 Å². The van der Waals surface area contributed by atoms with Gasteiger partial charge in [-0.05, 0) is 42.7 Å². The molecule has 0 spiro atoms. The molecule has 3 N–H and O–H groups in total. The second-order valence-corrected chi connectivity index (χ2v) is 8.37. The van der Waals surface area contributed by atoms with Crippen molar-refractivity contribution in [2.24, 2.45) is 0 Å². The van der Waals surface area contributed by atoms with Crippen LogP contribution in [0.25, 0.3) is 11.4 Å². The Morgan fingerprint density at radius 3 is 2.59 bits per heavy atom. The highest BCUT2D eigenvalue weighted by Crippen LogP contribution is 2.26. The third kappa shape index (κ3) is 6.51. The van der Waals surface area contributed by atoms with Crippen molar-refractivity contribution in [1.82, 2.24) is 25.3 Å². The predicted molar refractivity (Wildman–Crippen MR) is 136 cm³/mol. The van der Waals surface area contributed by atoms with E-state index in [0.29, 0.717) is 18.2 Å². The molecule has 0 radical (unpaired) electrons. The molecule has 9 nitrogen and oxygen atoms in total. The second kappa shape index (κ2) is 11.4. The van der Waals surface area contributed by atoms with Gasteiger partial charge in [-0.25, -0.2) is 28.5 Å². The SMILES string of the molecule is CC(Cc1cccc(CNC(=O)O)c1)Nc1nccc(N(C)c2nc(-c3ccccc3F)ncc2F)n1. The molecule has 1 amide bonds. The topological polar surface area (TPSA) is 116 Å². The lowest BCUT2D eigenvalue weighted by Gasteiger charge is -2.20. The summed E-state index contributed by atoms with van der Waals surface area (Å²) in [5.74, 6) is -0.469. The average Bonchev–Trinajstić information content (AvgIpc) is 2.88. The second-order valence-electron chi connectivity index (χ2n) is 8.37. The molecule has 4 aromatic rings. The van der Waals surface area contributed by atoms with Gasteiger partial charge in [-0.1, -0.05) is 36.4 Å². The number of nitrogens with zero attached hydrogens (tertiary/aromatic N) is 5. The molecule has 0 saturated heterocycles. The first-order valence-electron chi connectivity index (χ1n) is 11.5. The number of benzene rings is 2. The molecule has 2 heterocycles. The van der Waals surface area contributed by atoms with Crippen LogP contribution < -0.4 is 15.5 Å². The zero-order valence-corrected chi connectivity index (χ0v) is 20.2. The van der Waals surface area contributed by atoms with Crippen LogP contribution in [0, 0.1) is 11.6 Å². The van der Waals surface area contributed by atoms with E-state index in [4.69, 9.17) is 5.11 Å². The summed E-state index contributed by atoms with van der Waals surface area (Å²) in [4.78, 5) is 29.1. The Labute approximate surface area is 212 Å². The zero-order chi connectivity index (χ0) is 26.4. The van der Waals surface area contributed by atoms with E-state index in [1.807, 2.05) is 31.2 Å². The number of nitrogens with one attached hydrogen (secondary N) is 2. The molecule has 0 saturated carbocycles. The van der Waals surface area contributed by atoms with Gasteiger partial charge in [-0.3, -0.25) is 0 Å². The van der Waals surface area contributed by atoms with E-state index in [9.17, 15) is 13.6 Å². The van der Waals surface area contributed by atoms with Gasteiger partial charge < -0.3 is 20.6 Å². The summed E-state index contributed by atoms with van der Waals surface area (Å²) in [5.41, 5.74) is 2.04. The molecule has 2 aromatic carbocycles. The van der Waals surface area contributed by atoms with Crippen LogP contribution in [0.2, 0.25) is 0 Å². The molecule has 11 heteroatoms. The molecule has 4 rings (SSSR count). The van der Waals surface area contributed by atoms with Gasteiger partial charge in [-0.2, -0.15) is 4.98 Å². The number of aromatic nitrogens is 4. The zero-order valence-electron chi connectivity index (χ0n) is 20.2. The van der Waals surface area contributed by atoms with Crippen molar-refractivity contribution in [2.75, 3.05) is 17.3 Å². The average molecular weight is 506 g/mol. The fraction of sp³-hybridized carbons (Fsp3) is 0.192. The monoisotopic (exact) mass is 505 g/mol. The lowest BCUT2D eigenvalue weighted by molar-refractivity contribution is 0.194. The molecular formula is C26H25F2N7O2. The van der Waals surface area contributed by atoms with Crippen LogP contribution in [-0.2, 0) is 13.0 Å². The van der Waals surface area contributed by atoms with Crippen molar-refractivity contribution >= 4 is 23.7 Å². The quantitative estimate of drug-likeness (QED) is 0.297. The van der Waals surface area contributed by atoms with E-state index in [0.717, 1.165) is 17.3 Å². The lowest BCUT2D eigenvalue weighted by atomic mass is 10.0. The molecular weight excluding hydrogens is 480 g/mol. The highest BCUT2D eigenvalue weighted by Gasteiger charge is 2.17. The molecule has 1 unspecified atom stereocenters. The predicted octanol–water partition coefficient (Wildman–Crippen LogP) is 4.79. The molecule has 0 aliphatic heterocycles. The normalized spacial score (nSPS) is 11.6. The van der Waals surface area contributed by atoms with E-state index >= 15 is 0 Å². The highest BCUT2D eigenvalue weighted by molar-refractivity contribution is 5.64. The van der Waals surface area contributed by atoms with Crippen LogP contribution in [-0.4, -0.2) is 44.2 Å². The van der Waals surface area contributed by atoms with Crippen molar-refractivity contribution in [1.29, 1.82) is 0 Å². The third-order valence-electron chi connectivity index (χ3n) is 5.50. The van der Waals surface area contributed by atoms with E-state index in [1.165, 1.54) is 17.0 Å². The fourth-order valence-electron chi connectivity index (χ4n) is 3.75. The molecule has 0 aliphatic carbocycles. The Kier molecular flexibility index (Phi) is 7.82. The van der Waals surface area contributed by atoms with Gasteiger partial charge in [0.1, 0.15) is 11.6 Å². The number of anilines is 3. The van der Waals surface area contributed by atoms with Gasteiger partial charge in [0, 0.05) is 25.8 Å². The number of rotatable bonds is 9. The minimum atomic E-state index is -1.08. The molecule has 0 fully saturated rings. The van der Waals surface area contributed by atoms with Gasteiger partial charge in [0.2, 0.25) is 5.95 Å². The summed E-state index contributed by atoms with van der Waals surface area (Å²) in [5, 5.41) is 14.4. The van der Waals surface area contributed by atoms with Crippen LogP contribution in [0.4, 0.5) is 31.2 Å². The largest absolute Gasteiger partial charge is 0.465 e.